The zero-order valence-corrected chi connectivity index (χ0v) is 21.6. The largest absolute Gasteiger partial charge is 0.325 e. The highest BCUT2D eigenvalue weighted by molar-refractivity contribution is 7.89. The van der Waals surface area contributed by atoms with Crippen molar-refractivity contribution in [2.75, 3.05) is 13.1 Å². The third-order valence-electron chi connectivity index (χ3n) is 7.04. The van der Waals surface area contributed by atoms with Crippen LogP contribution in [-0.4, -0.2) is 45.3 Å². The Labute approximate surface area is 211 Å². The number of fused-ring (bicyclic) bond motifs is 2. The Balaban J connectivity index is 1.33. The maximum atomic E-state index is 12.9. The molecule has 2 aliphatic rings. The molecule has 1 saturated heterocycles. The number of sulfonamides is 1. The van der Waals surface area contributed by atoms with Crippen LogP contribution in [0.5, 0.6) is 0 Å². The minimum Gasteiger partial charge on any atom is -0.325 e. The SMILES string of the molecule is CC(C)(C)n1cnc2ccc(C3=CCc4ncc(-c5ccc(S(=O)(=O)N6CCCC6)cc5)nc43)cc21. The van der Waals surface area contributed by atoms with Crippen molar-refractivity contribution in [3.8, 4) is 11.3 Å². The molecule has 1 fully saturated rings. The predicted octanol–water partition coefficient (Wildman–Crippen LogP) is 5.02. The second-order valence-corrected chi connectivity index (χ2v) is 12.4. The van der Waals surface area contributed by atoms with Crippen molar-refractivity contribution in [1.82, 2.24) is 23.8 Å². The van der Waals surface area contributed by atoms with Crippen molar-refractivity contribution < 1.29 is 8.42 Å². The molecule has 2 aromatic heterocycles. The molecular weight excluding hydrogens is 470 g/mol. The van der Waals surface area contributed by atoms with Crippen LogP contribution in [-0.2, 0) is 22.0 Å². The third-order valence-corrected chi connectivity index (χ3v) is 8.95. The van der Waals surface area contributed by atoms with Crippen LogP contribution in [0.25, 0.3) is 27.9 Å². The summed E-state index contributed by atoms with van der Waals surface area (Å²) in [6, 6.07) is 13.3. The van der Waals surface area contributed by atoms with E-state index in [0.717, 1.165) is 64.1 Å². The van der Waals surface area contributed by atoms with Gasteiger partial charge in [0.1, 0.15) is 0 Å². The smallest absolute Gasteiger partial charge is 0.243 e. The molecule has 184 valence electrons. The van der Waals surface area contributed by atoms with Gasteiger partial charge in [-0.25, -0.2) is 18.4 Å². The monoisotopic (exact) mass is 499 g/mol. The van der Waals surface area contributed by atoms with Gasteiger partial charge in [0, 0.05) is 36.2 Å². The summed E-state index contributed by atoms with van der Waals surface area (Å²) < 4.78 is 29.5. The number of hydrogen-bond acceptors (Lipinski definition) is 5. The summed E-state index contributed by atoms with van der Waals surface area (Å²) in [6.45, 7) is 7.70. The summed E-state index contributed by atoms with van der Waals surface area (Å²) >= 11 is 0. The van der Waals surface area contributed by atoms with E-state index in [1.54, 1.807) is 22.6 Å². The summed E-state index contributed by atoms with van der Waals surface area (Å²) in [5, 5.41) is 0. The number of benzene rings is 2. The first-order valence-electron chi connectivity index (χ1n) is 12.4. The Bertz CT molecular complexity index is 1610. The Morgan fingerprint density at radius 2 is 1.64 bits per heavy atom. The molecule has 6 rings (SSSR count). The topological polar surface area (TPSA) is 81.0 Å². The van der Waals surface area contributed by atoms with Crippen molar-refractivity contribution in [3.63, 3.8) is 0 Å². The highest BCUT2D eigenvalue weighted by atomic mass is 32.2. The molecule has 8 heteroatoms. The molecule has 1 aliphatic heterocycles. The maximum Gasteiger partial charge on any atom is 0.243 e. The molecule has 0 saturated carbocycles. The minimum atomic E-state index is -3.44. The van der Waals surface area contributed by atoms with Gasteiger partial charge in [-0.15, -0.1) is 0 Å². The Kier molecular flexibility index (Phi) is 5.35. The molecule has 0 amide bonds. The number of aromatic nitrogens is 4. The van der Waals surface area contributed by atoms with Gasteiger partial charge in [0.05, 0.1) is 45.5 Å². The fourth-order valence-corrected chi connectivity index (χ4v) is 6.57. The molecular formula is C28H29N5O2S. The van der Waals surface area contributed by atoms with Gasteiger partial charge in [-0.1, -0.05) is 24.3 Å². The van der Waals surface area contributed by atoms with E-state index >= 15 is 0 Å². The van der Waals surface area contributed by atoms with E-state index in [2.05, 4.69) is 54.6 Å². The highest BCUT2D eigenvalue weighted by Crippen LogP contribution is 2.34. The van der Waals surface area contributed by atoms with Gasteiger partial charge in [0.2, 0.25) is 10.0 Å². The lowest BCUT2D eigenvalue weighted by molar-refractivity contribution is 0.408. The average molecular weight is 500 g/mol. The molecule has 2 aromatic carbocycles. The Morgan fingerprint density at radius 3 is 2.36 bits per heavy atom. The van der Waals surface area contributed by atoms with E-state index in [1.807, 2.05) is 18.5 Å². The maximum absolute atomic E-state index is 12.9. The number of imidazole rings is 1. The molecule has 0 bridgehead atoms. The molecule has 0 spiro atoms. The van der Waals surface area contributed by atoms with Crippen LogP contribution in [0.15, 0.2) is 66.0 Å². The van der Waals surface area contributed by atoms with Crippen LogP contribution in [0.3, 0.4) is 0 Å². The van der Waals surface area contributed by atoms with Crippen LogP contribution < -0.4 is 0 Å². The van der Waals surface area contributed by atoms with Crippen LogP contribution >= 0.6 is 0 Å². The Morgan fingerprint density at radius 1 is 0.917 bits per heavy atom. The molecule has 1 aliphatic carbocycles. The van der Waals surface area contributed by atoms with E-state index in [9.17, 15) is 8.42 Å². The van der Waals surface area contributed by atoms with Crippen LogP contribution in [0.4, 0.5) is 0 Å². The Hall–Kier alpha value is -3.36. The number of hydrogen-bond donors (Lipinski definition) is 0. The lowest BCUT2D eigenvalue weighted by atomic mass is 10.0. The predicted molar refractivity (Wildman–Crippen MR) is 141 cm³/mol. The van der Waals surface area contributed by atoms with Crippen molar-refractivity contribution >= 4 is 26.6 Å². The van der Waals surface area contributed by atoms with Crippen molar-refractivity contribution in [3.05, 3.63) is 78.0 Å². The summed E-state index contributed by atoms with van der Waals surface area (Å²) in [5.41, 5.74) is 7.54. The second-order valence-electron chi connectivity index (χ2n) is 10.5. The molecule has 0 radical (unpaired) electrons. The van der Waals surface area contributed by atoms with E-state index in [1.165, 1.54) is 0 Å². The summed E-state index contributed by atoms with van der Waals surface area (Å²) in [4.78, 5) is 14.6. The van der Waals surface area contributed by atoms with Gasteiger partial charge in [-0.3, -0.25) is 4.98 Å². The summed E-state index contributed by atoms with van der Waals surface area (Å²) in [7, 11) is -3.44. The molecule has 0 unspecified atom stereocenters. The summed E-state index contributed by atoms with van der Waals surface area (Å²) in [6.07, 6.45) is 8.43. The standard InChI is InChI=1S/C28H29N5O2S/c1-28(2,3)33-18-30-23-12-8-20(16-26(23)33)22-11-13-24-27(22)31-25(17-29-24)19-6-9-21(10-7-19)36(34,35)32-14-4-5-15-32/h6-12,16-18H,4-5,13-15H2,1-3H3. The average Bonchev–Trinajstić information content (AvgIpc) is 3.62. The zero-order chi connectivity index (χ0) is 25.1. The van der Waals surface area contributed by atoms with E-state index in [-0.39, 0.29) is 5.54 Å². The lowest BCUT2D eigenvalue weighted by Crippen LogP contribution is -2.27. The molecule has 36 heavy (non-hydrogen) atoms. The fourth-order valence-electron chi connectivity index (χ4n) is 5.05. The molecule has 7 nitrogen and oxygen atoms in total. The van der Waals surface area contributed by atoms with Gasteiger partial charge in [-0.2, -0.15) is 4.31 Å². The van der Waals surface area contributed by atoms with E-state index in [0.29, 0.717) is 18.0 Å². The van der Waals surface area contributed by atoms with Crippen molar-refractivity contribution in [2.24, 2.45) is 0 Å². The minimum absolute atomic E-state index is 0.0727. The molecule has 4 aromatic rings. The second kappa shape index (κ2) is 8.35. The van der Waals surface area contributed by atoms with Gasteiger partial charge in [0.15, 0.2) is 0 Å². The van der Waals surface area contributed by atoms with Gasteiger partial charge in [-0.05, 0) is 63.4 Å². The highest BCUT2D eigenvalue weighted by Gasteiger charge is 2.27. The molecule has 0 atom stereocenters. The molecule has 3 heterocycles. The van der Waals surface area contributed by atoms with Crippen molar-refractivity contribution in [1.29, 1.82) is 0 Å². The number of rotatable bonds is 4. The third kappa shape index (κ3) is 3.85. The zero-order valence-electron chi connectivity index (χ0n) is 20.8. The first-order valence-corrected chi connectivity index (χ1v) is 13.8. The van der Waals surface area contributed by atoms with Crippen LogP contribution in [0, 0.1) is 0 Å². The number of nitrogens with zero attached hydrogens (tertiary/aromatic N) is 5. The van der Waals surface area contributed by atoms with E-state index in [4.69, 9.17) is 9.97 Å². The normalized spacial score (nSPS) is 16.5. The van der Waals surface area contributed by atoms with Gasteiger partial charge < -0.3 is 4.57 Å². The fraction of sp³-hybridized carbons (Fsp3) is 0.321. The van der Waals surface area contributed by atoms with E-state index < -0.39 is 10.0 Å². The molecule has 0 N–H and O–H groups in total. The quantitative estimate of drug-likeness (QED) is 0.394. The lowest BCUT2D eigenvalue weighted by Gasteiger charge is -2.22. The van der Waals surface area contributed by atoms with Crippen LogP contribution in [0.1, 0.15) is 50.6 Å². The van der Waals surface area contributed by atoms with Gasteiger partial charge >= 0.3 is 0 Å². The van der Waals surface area contributed by atoms with Crippen molar-refractivity contribution in [2.45, 2.75) is 50.5 Å². The first kappa shape index (κ1) is 23.1. The van der Waals surface area contributed by atoms with Crippen LogP contribution in [0.2, 0.25) is 0 Å². The summed E-state index contributed by atoms with van der Waals surface area (Å²) in [5.74, 6) is 0. The van der Waals surface area contributed by atoms with Gasteiger partial charge in [0.25, 0.3) is 0 Å². The number of allylic oxidation sites excluding steroid dienone is 1. The first-order chi connectivity index (χ1) is 17.2.